The van der Waals surface area contributed by atoms with E-state index in [1.165, 1.54) is 25.6 Å². The van der Waals surface area contributed by atoms with Crippen LogP contribution < -0.4 is 0 Å². The zero-order valence-electron chi connectivity index (χ0n) is 12.3. The first-order valence-corrected chi connectivity index (χ1v) is 7.68. The summed E-state index contributed by atoms with van der Waals surface area (Å²) in [5, 5.41) is 9.79. The van der Waals surface area contributed by atoms with E-state index in [0.717, 1.165) is 18.4 Å². The Morgan fingerprint density at radius 1 is 1.33 bits per heavy atom. The molecule has 0 bridgehead atoms. The van der Waals surface area contributed by atoms with Gasteiger partial charge < -0.3 is 9.67 Å². The zero-order chi connectivity index (χ0) is 15.2. The van der Waals surface area contributed by atoms with Crippen LogP contribution in [-0.4, -0.2) is 31.2 Å². The van der Waals surface area contributed by atoms with Crippen LogP contribution >= 0.6 is 11.6 Å². The molecule has 0 spiro atoms. The minimum atomic E-state index is -0.0447. The van der Waals surface area contributed by atoms with Crippen LogP contribution in [0.2, 0.25) is 5.15 Å². The molecule has 114 valence electrons. The van der Waals surface area contributed by atoms with Gasteiger partial charge >= 0.3 is 0 Å². The van der Waals surface area contributed by atoms with E-state index in [2.05, 4.69) is 28.5 Å². The van der Waals surface area contributed by atoms with E-state index in [0.29, 0.717) is 16.3 Å². The van der Waals surface area contributed by atoms with Gasteiger partial charge in [0.05, 0.1) is 19.0 Å². The first kappa shape index (κ1) is 15.9. The molecule has 0 amide bonds. The molecular formula is C15H21ClN4O. The maximum atomic E-state index is 9.44. The minimum absolute atomic E-state index is 0.0113. The van der Waals surface area contributed by atoms with E-state index >= 15 is 0 Å². The maximum Gasteiger partial charge on any atom is 0.165 e. The van der Waals surface area contributed by atoms with Crippen molar-refractivity contribution in [2.24, 2.45) is 0 Å². The molecule has 6 heteroatoms. The van der Waals surface area contributed by atoms with Crippen LogP contribution in [-0.2, 0) is 0 Å². The molecule has 0 radical (unpaired) electrons. The Bertz CT molecular complexity index is 611. The highest BCUT2D eigenvalue weighted by molar-refractivity contribution is 6.33. The van der Waals surface area contributed by atoms with Gasteiger partial charge in [-0.3, -0.25) is 0 Å². The Hall–Kier alpha value is -1.46. The molecule has 2 aromatic rings. The number of halogens is 1. The van der Waals surface area contributed by atoms with Gasteiger partial charge in [-0.05, 0) is 12.0 Å². The van der Waals surface area contributed by atoms with E-state index in [-0.39, 0.29) is 12.6 Å². The lowest BCUT2D eigenvalue weighted by Crippen LogP contribution is -2.13. The Balaban J connectivity index is 2.26. The predicted molar refractivity (Wildman–Crippen MR) is 84.4 cm³/mol. The highest BCUT2D eigenvalue weighted by Gasteiger charge is 2.18. The lowest BCUT2D eigenvalue weighted by Gasteiger charge is -2.20. The fraction of sp³-hybridized carbons (Fsp3) is 0.533. The van der Waals surface area contributed by atoms with Crippen LogP contribution in [0.5, 0.6) is 0 Å². The van der Waals surface area contributed by atoms with Gasteiger partial charge in [-0.1, -0.05) is 50.8 Å². The molecule has 2 heterocycles. The quantitative estimate of drug-likeness (QED) is 0.460. The van der Waals surface area contributed by atoms with Crippen molar-refractivity contribution >= 4 is 22.8 Å². The molecule has 0 aliphatic carbocycles. The Morgan fingerprint density at radius 2 is 2.14 bits per heavy atom. The average molecular weight is 309 g/mol. The van der Waals surface area contributed by atoms with Crippen LogP contribution in [0.1, 0.15) is 45.1 Å². The van der Waals surface area contributed by atoms with Crippen molar-refractivity contribution < 1.29 is 5.11 Å². The van der Waals surface area contributed by atoms with Gasteiger partial charge in [-0.15, -0.1) is 0 Å². The molecular weight excluding hydrogens is 288 g/mol. The molecule has 0 aliphatic rings. The van der Waals surface area contributed by atoms with Gasteiger partial charge in [0, 0.05) is 0 Å². The van der Waals surface area contributed by atoms with E-state index in [4.69, 9.17) is 11.6 Å². The largest absolute Gasteiger partial charge is 0.392 e. The third-order valence-electron chi connectivity index (χ3n) is 3.66. The van der Waals surface area contributed by atoms with Crippen LogP contribution in [0.3, 0.4) is 0 Å². The molecule has 21 heavy (non-hydrogen) atoms. The highest BCUT2D eigenvalue weighted by Crippen LogP contribution is 2.28. The van der Waals surface area contributed by atoms with E-state index in [1.807, 2.05) is 4.57 Å². The normalized spacial score (nSPS) is 12.7. The van der Waals surface area contributed by atoms with Crippen LogP contribution in [0.25, 0.3) is 11.2 Å². The van der Waals surface area contributed by atoms with Gasteiger partial charge in [0.15, 0.2) is 10.8 Å². The van der Waals surface area contributed by atoms with Crippen molar-refractivity contribution in [1.82, 2.24) is 19.5 Å². The number of unbranched alkanes of at least 4 members (excludes halogenated alkanes) is 3. The molecule has 1 unspecified atom stereocenters. The number of hydrogen-bond donors (Lipinski definition) is 1. The molecule has 0 aromatic carbocycles. The number of fused-ring (bicyclic) bond motifs is 1. The molecule has 0 fully saturated rings. The number of aliphatic hydroxyl groups is 1. The molecule has 2 aromatic heterocycles. The number of nitrogens with zero attached hydrogens (tertiary/aromatic N) is 4. The van der Waals surface area contributed by atoms with Crippen LogP contribution in [0.15, 0.2) is 24.8 Å². The zero-order valence-corrected chi connectivity index (χ0v) is 13.1. The van der Waals surface area contributed by atoms with E-state index in [1.54, 1.807) is 6.33 Å². The van der Waals surface area contributed by atoms with Crippen LogP contribution in [0, 0.1) is 0 Å². The monoisotopic (exact) mass is 308 g/mol. The number of rotatable bonds is 8. The molecule has 2 rings (SSSR count). The summed E-state index contributed by atoms with van der Waals surface area (Å²) in [5.41, 5.74) is 2.04. The van der Waals surface area contributed by atoms with E-state index in [9.17, 15) is 5.11 Å². The lowest BCUT2D eigenvalue weighted by atomic mass is 10.0. The maximum absolute atomic E-state index is 9.44. The SMILES string of the molecule is C=C(CO)C(CCCCCC)n1cnc2c(Cl)ncnc21. The summed E-state index contributed by atoms with van der Waals surface area (Å²) in [6.45, 7) is 6.12. The molecule has 0 saturated heterocycles. The first-order chi connectivity index (χ1) is 10.2. The summed E-state index contributed by atoms with van der Waals surface area (Å²) in [6.07, 6.45) is 8.71. The van der Waals surface area contributed by atoms with E-state index < -0.39 is 0 Å². The van der Waals surface area contributed by atoms with Gasteiger partial charge in [0.2, 0.25) is 0 Å². The summed E-state index contributed by atoms with van der Waals surface area (Å²) in [5.74, 6) is 0. The van der Waals surface area contributed by atoms with Crippen molar-refractivity contribution in [3.05, 3.63) is 30.0 Å². The first-order valence-electron chi connectivity index (χ1n) is 7.30. The predicted octanol–water partition coefficient (Wildman–Crippen LogP) is 3.54. The second-order valence-corrected chi connectivity index (χ2v) is 5.53. The molecule has 1 N–H and O–H groups in total. The third kappa shape index (κ3) is 3.60. The number of hydrogen-bond acceptors (Lipinski definition) is 4. The summed E-state index contributed by atoms with van der Waals surface area (Å²) >= 11 is 6.04. The fourth-order valence-electron chi connectivity index (χ4n) is 2.46. The molecule has 0 saturated carbocycles. The van der Waals surface area contributed by atoms with Crippen molar-refractivity contribution in [3.63, 3.8) is 0 Å². The molecule has 5 nitrogen and oxygen atoms in total. The van der Waals surface area contributed by atoms with Gasteiger partial charge in [0.1, 0.15) is 11.8 Å². The van der Waals surface area contributed by atoms with Crippen molar-refractivity contribution in [3.8, 4) is 0 Å². The smallest absolute Gasteiger partial charge is 0.165 e. The summed E-state index contributed by atoms with van der Waals surface area (Å²) in [7, 11) is 0. The van der Waals surface area contributed by atoms with Crippen LogP contribution in [0.4, 0.5) is 0 Å². The summed E-state index contributed by atoms with van der Waals surface area (Å²) < 4.78 is 1.94. The van der Waals surface area contributed by atoms with Gasteiger partial charge in [0.25, 0.3) is 0 Å². The van der Waals surface area contributed by atoms with Crippen molar-refractivity contribution in [2.75, 3.05) is 6.61 Å². The van der Waals surface area contributed by atoms with Crippen molar-refractivity contribution in [1.29, 1.82) is 0 Å². The van der Waals surface area contributed by atoms with Gasteiger partial charge in [-0.2, -0.15) is 0 Å². The topological polar surface area (TPSA) is 63.8 Å². The fourth-order valence-corrected chi connectivity index (χ4v) is 2.64. The second kappa shape index (κ2) is 7.52. The summed E-state index contributed by atoms with van der Waals surface area (Å²) in [4.78, 5) is 12.5. The number of aliphatic hydroxyl groups excluding tert-OH is 1. The molecule has 1 atom stereocenters. The lowest BCUT2D eigenvalue weighted by molar-refractivity contribution is 0.309. The van der Waals surface area contributed by atoms with Gasteiger partial charge in [-0.25, -0.2) is 15.0 Å². The standard InChI is InChI=1S/C15H21ClN4O/c1-3-4-5-6-7-12(11(2)8-21)20-10-19-13-14(16)17-9-18-15(13)20/h9-10,12,21H,2-8H2,1H3. The Morgan fingerprint density at radius 3 is 2.86 bits per heavy atom. The third-order valence-corrected chi connectivity index (χ3v) is 3.93. The second-order valence-electron chi connectivity index (χ2n) is 5.17. The molecule has 0 aliphatic heterocycles. The Labute approximate surface area is 129 Å². The van der Waals surface area contributed by atoms with Crippen molar-refractivity contribution in [2.45, 2.75) is 45.1 Å². The highest BCUT2D eigenvalue weighted by atomic mass is 35.5. The average Bonchev–Trinajstić information content (AvgIpc) is 2.92. The number of imidazole rings is 1. The Kier molecular flexibility index (Phi) is 5.70. The summed E-state index contributed by atoms with van der Waals surface area (Å²) in [6, 6.07) is -0.0113. The number of aromatic nitrogens is 4. The minimum Gasteiger partial charge on any atom is -0.392 e.